The van der Waals surface area contributed by atoms with Gasteiger partial charge in [0.05, 0.1) is 24.1 Å². The predicted molar refractivity (Wildman–Crippen MR) is 123 cm³/mol. The Bertz CT molecular complexity index is 1130. The second-order valence-corrected chi connectivity index (χ2v) is 7.98. The molecule has 4 rings (SSSR count). The molecule has 1 N–H and O–H groups in total. The molecule has 0 saturated carbocycles. The summed E-state index contributed by atoms with van der Waals surface area (Å²) in [5, 5.41) is 3.86. The molecule has 0 spiro atoms. The number of carbonyl (C=O) groups is 1. The summed E-state index contributed by atoms with van der Waals surface area (Å²) in [4.78, 5) is 18.6. The number of aromatic nitrogens is 1. The van der Waals surface area contributed by atoms with Gasteiger partial charge < -0.3 is 10.1 Å². The number of nitrogens with one attached hydrogen (secondary N) is 1. The molecule has 0 aliphatic carbocycles. The molecular weight excluding hydrogens is 392 g/mol. The standard InChI is InChI=1S/C25H22N2O2S/c1-17-8-10-18(11-9-17)24-22(27-25(30-24)19-6-4-3-5-7-19)16-23(28)26-20-12-14-21(29-2)15-13-20/h3-15H,16H2,1-2H3,(H,26,28). The number of methoxy groups -OCH3 is 1. The largest absolute Gasteiger partial charge is 0.497 e. The monoisotopic (exact) mass is 414 g/mol. The van der Waals surface area contributed by atoms with Crippen LogP contribution in [0.2, 0.25) is 0 Å². The van der Waals surface area contributed by atoms with Gasteiger partial charge in [-0.2, -0.15) is 0 Å². The normalized spacial score (nSPS) is 10.6. The third-order valence-electron chi connectivity index (χ3n) is 4.73. The van der Waals surface area contributed by atoms with Crippen molar-refractivity contribution in [1.82, 2.24) is 4.98 Å². The van der Waals surface area contributed by atoms with Crippen molar-refractivity contribution in [2.45, 2.75) is 13.3 Å². The van der Waals surface area contributed by atoms with Crippen LogP contribution in [0.1, 0.15) is 11.3 Å². The van der Waals surface area contributed by atoms with Gasteiger partial charge in [-0.25, -0.2) is 4.98 Å². The number of hydrogen-bond donors (Lipinski definition) is 1. The summed E-state index contributed by atoms with van der Waals surface area (Å²) < 4.78 is 5.17. The number of hydrogen-bond acceptors (Lipinski definition) is 4. The molecule has 4 nitrogen and oxygen atoms in total. The molecule has 30 heavy (non-hydrogen) atoms. The summed E-state index contributed by atoms with van der Waals surface area (Å²) in [5.41, 5.74) is 4.85. The summed E-state index contributed by atoms with van der Waals surface area (Å²) in [6.45, 7) is 2.06. The molecule has 1 aromatic heterocycles. The molecule has 1 heterocycles. The van der Waals surface area contributed by atoms with Crippen LogP contribution in [0.25, 0.3) is 21.0 Å². The van der Waals surface area contributed by atoms with Crippen molar-refractivity contribution in [2.75, 3.05) is 12.4 Å². The van der Waals surface area contributed by atoms with Crippen molar-refractivity contribution in [3.63, 3.8) is 0 Å². The van der Waals surface area contributed by atoms with Crippen molar-refractivity contribution in [3.05, 3.63) is 90.1 Å². The van der Waals surface area contributed by atoms with E-state index in [9.17, 15) is 4.79 Å². The minimum absolute atomic E-state index is 0.0987. The van der Waals surface area contributed by atoms with E-state index in [0.717, 1.165) is 38.1 Å². The van der Waals surface area contributed by atoms with Gasteiger partial charge in [0.1, 0.15) is 10.8 Å². The molecule has 3 aromatic carbocycles. The fraction of sp³-hybridized carbons (Fsp3) is 0.120. The lowest BCUT2D eigenvalue weighted by Crippen LogP contribution is -2.15. The first-order chi connectivity index (χ1) is 14.6. The maximum absolute atomic E-state index is 12.7. The fourth-order valence-electron chi connectivity index (χ4n) is 3.14. The lowest BCUT2D eigenvalue weighted by atomic mass is 10.1. The first-order valence-corrected chi connectivity index (χ1v) is 10.5. The first kappa shape index (κ1) is 19.9. The number of amides is 1. The van der Waals surface area contributed by atoms with E-state index in [0.29, 0.717) is 0 Å². The maximum atomic E-state index is 12.7. The second-order valence-electron chi connectivity index (χ2n) is 6.98. The van der Waals surface area contributed by atoms with E-state index in [-0.39, 0.29) is 12.3 Å². The van der Waals surface area contributed by atoms with Crippen molar-refractivity contribution >= 4 is 22.9 Å². The number of carbonyl (C=O) groups excluding carboxylic acids is 1. The smallest absolute Gasteiger partial charge is 0.230 e. The summed E-state index contributed by atoms with van der Waals surface area (Å²) in [5.74, 6) is 0.653. The summed E-state index contributed by atoms with van der Waals surface area (Å²) in [6.07, 6.45) is 0.207. The summed E-state index contributed by atoms with van der Waals surface area (Å²) in [7, 11) is 1.62. The van der Waals surface area contributed by atoms with Crippen LogP contribution in [0.3, 0.4) is 0 Å². The molecule has 5 heteroatoms. The molecule has 150 valence electrons. The van der Waals surface area contributed by atoms with Crippen LogP contribution in [0.4, 0.5) is 5.69 Å². The van der Waals surface area contributed by atoms with Crippen LogP contribution in [-0.2, 0) is 11.2 Å². The van der Waals surface area contributed by atoms with Crippen LogP contribution < -0.4 is 10.1 Å². The molecular formula is C25H22N2O2S. The highest BCUT2D eigenvalue weighted by atomic mass is 32.1. The number of anilines is 1. The van der Waals surface area contributed by atoms with Crippen molar-refractivity contribution in [3.8, 4) is 26.8 Å². The lowest BCUT2D eigenvalue weighted by molar-refractivity contribution is -0.115. The quantitative estimate of drug-likeness (QED) is 0.422. The number of benzene rings is 3. The van der Waals surface area contributed by atoms with Gasteiger partial charge in [-0.05, 0) is 36.8 Å². The van der Waals surface area contributed by atoms with Crippen LogP contribution >= 0.6 is 11.3 Å². The number of rotatable bonds is 6. The number of nitrogens with zero attached hydrogens (tertiary/aromatic N) is 1. The van der Waals surface area contributed by atoms with E-state index < -0.39 is 0 Å². The van der Waals surface area contributed by atoms with Gasteiger partial charge in [-0.15, -0.1) is 11.3 Å². The Morgan fingerprint density at radius 3 is 2.30 bits per heavy atom. The van der Waals surface area contributed by atoms with Gasteiger partial charge in [-0.3, -0.25) is 4.79 Å². The highest BCUT2D eigenvalue weighted by Gasteiger charge is 2.17. The van der Waals surface area contributed by atoms with Gasteiger partial charge in [0, 0.05) is 11.3 Å². The Kier molecular flexibility index (Phi) is 5.91. The highest BCUT2D eigenvalue weighted by molar-refractivity contribution is 7.18. The Labute approximate surface area is 180 Å². The van der Waals surface area contributed by atoms with Crippen LogP contribution in [0.15, 0.2) is 78.9 Å². The molecule has 0 unspecified atom stereocenters. The van der Waals surface area contributed by atoms with Crippen LogP contribution in [0, 0.1) is 6.92 Å². The number of aryl methyl sites for hydroxylation is 1. The maximum Gasteiger partial charge on any atom is 0.230 e. The van der Waals surface area contributed by atoms with E-state index in [1.165, 1.54) is 5.56 Å². The SMILES string of the molecule is COc1ccc(NC(=O)Cc2nc(-c3ccccc3)sc2-c2ccc(C)cc2)cc1. The summed E-state index contributed by atoms with van der Waals surface area (Å²) >= 11 is 1.62. The van der Waals surface area contributed by atoms with Gasteiger partial charge in [0.25, 0.3) is 0 Å². The van der Waals surface area contributed by atoms with Crippen molar-refractivity contribution in [2.24, 2.45) is 0 Å². The zero-order valence-electron chi connectivity index (χ0n) is 16.9. The third kappa shape index (κ3) is 4.58. The molecule has 0 aliphatic rings. The minimum atomic E-state index is -0.0987. The Morgan fingerprint density at radius 2 is 1.63 bits per heavy atom. The predicted octanol–water partition coefficient (Wildman–Crippen LogP) is 5.98. The zero-order valence-corrected chi connectivity index (χ0v) is 17.7. The molecule has 0 fully saturated rings. The first-order valence-electron chi connectivity index (χ1n) is 9.68. The summed E-state index contributed by atoms with van der Waals surface area (Å²) in [6, 6.07) is 25.7. The zero-order chi connectivity index (χ0) is 20.9. The number of ether oxygens (including phenoxy) is 1. The molecule has 0 atom stereocenters. The van der Waals surface area contributed by atoms with Crippen LogP contribution in [-0.4, -0.2) is 18.0 Å². The fourth-order valence-corrected chi connectivity index (χ4v) is 4.23. The molecule has 0 radical (unpaired) electrons. The van der Waals surface area contributed by atoms with E-state index in [1.54, 1.807) is 18.4 Å². The minimum Gasteiger partial charge on any atom is -0.497 e. The third-order valence-corrected chi connectivity index (χ3v) is 5.93. The molecule has 1 amide bonds. The van der Waals surface area contributed by atoms with Gasteiger partial charge in [0.15, 0.2) is 0 Å². The van der Waals surface area contributed by atoms with E-state index in [1.807, 2.05) is 54.6 Å². The average Bonchev–Trinajstić information content (AvgIpc) is 3.19. The highest BCUT2D eigenvalue weighted by Crippen LogP contribution is 2.36. The number of thiazole rings is 1. The Hall–Kier alpha value is -3.44. The molecule has 0 aliphatic heterocycles. The topological polar surface area (TPSA) is 51.2 Å². The molecule has 4 aromatic rings. The van der Waals surface area contributed by atoms with E-state index in [2.05, 4.69) is 36.5 Å². The van der Waals surface area contributed by atoms with Gasteiger partial charge >= 0.3 is 0 Å². The Balaban J connectivity index is 1.62. The molecule has 0 bridgehead atoms. The van der Waals surface area contributed by atoms with Crippen molar-refractivity contribution in [1.29, 1.82) is 0 Å². The average molecular weight is 415 g/mol. The van der Waals surface area contributed by atoms with Gasteiger partial charge in [0.2, 0.25) is 5.91 Å². The van der Waals surface area contributed by atoms with Gasteiger partial charge in [-0.1, -0.05) is 60.2 Å². The van der Waals surface area contributed by atoms with E-state index in [4.69, 9.17) is 9.72 Å². The van der Waals surface area contributed by atoms with E-state index >= 15 is 0 Å². The Morgan fingerprint density at radius 1 is 0.933 bits per heavy atom. The lowest BCUT2D eigenvalue weighted by Gasteiger charge is -2.07. The van der Waals surface area contributed by atoms with Crippen molar-refractivity contribution < 1.29 is 9.53 Å². The van der Waals surface area contributed by atoms with Crippen LogP contribution in [0.5, 0.6) is 5.75 Å². The molecule has 0 saturated heterocycles. The second kappa shape index (κ2) is 8.93.